The van der Waals surface area contributed by atoms with Crippen molar-refractivity contribution in [1.29, 1.82) is 0 Å². The van der Waals surface area contributed by atoms with Crippen LogP contribution in [0.3, 0.4) is 0 Å². The van der Waals surface area contributed by atoms with E-state index in [-0.39, 0.29) is 29.6 Å². The summed E-state index contributed by atoms with van der Waals surface area (Å²) in [6, 6.07) is 24.4. The molecule has 0 spiro atoms. The van der Waals surface area contributed by atoms with Crippen LogP contribution in [0, 0.1) is 0 Å². The van der Waals surface area contributed by atoms with Crippen LogP contribution in [0.2, 0.25) is 0 Å². The van der Waals surface area contributed by atoms with E-state index in [2.05, 4.69) is 54.4 Å². The van der Waals surface area contributed by atoms with Crippen molar-refractivity contribution in [2.45, 2.75) is 70.6 Å². The molecule has 360 valence electrons. The Morgan fingerprint density at radius 3 is 1.48 bits per heavy atom. The summed E-state index contributed by atoms with van der Waals surface area (Å²) in [6.07, 6.45) is 15.9. The van der Waals surface area contributed by atoms with E-state index in [9.17, 15) is 14.4 Å². The number of carbonyl (C=O) groups is 1. The zero-order chi connectivity index (χ0) is 49.3. The first-order valence-corrected chi connectivity index (χ1v) is 24.1. The van der Waals surface area contributed by atoms with E-state index in [4.69, 9.17) is 4.74 Å². The summed E-state index contributed by atoms with van der Waals surface area (Å²) in [5.74, 6) is 0. The van der Waals surface area contributed by atoms with Crippen LogP contribution < -0.4 is 11.4 Å². The minimum atomic E-state index is -0.575. The van der Waals surface area contributed by atoms with Crippen LogP contribution in [0.4, 0.5) is 4.79 Å². The third kappa shape index (κ3) is 8.34. The number of amides is 1. The molecule has 1 saturated heterocycles. The van der Waals surface area contributed by atoms with Gasteiger partial charge >= 0.3 is 17.5 Å². The Balaban J connectivity index is 0.000000157. The van der Waals surface area contributed by atoms with Gasteiger partial charge in [0.25, 0.3) is 0 Å². The molecular formula is C54H55N13O4. The van der Waals surface area contributed by atoms with Crippen molar-refractivity contribution in [1.82, 2.24) is 62.7 Å². The highest BCUT2D eigenvalue weighted by atomic mass is 16.6. The van der Waals surface area contributed by atoms with E-state index >= 15 is 0 Å². The molecule has 8 aromatic heterocycles. The maximum Gasteiger partial charge on any atom is 0.410 e. The number of rotatable bonds is 6. The molecule has 2 aliphatic rings. The normalized spacial score (nSPS) is 15.4. The second-order valence-electron chi connectivity index (χ2n) is 19.8. The third-order valence-electron chi connectivity index (χ3n) is 13.8. The molecule has 0 N–H and O–H groups in total. The molecule has 1 amide bonds. The minimum absolute atomic E-state index is 0.0491. The van der Waals surface area contributed by atoms with Gasteiger partial charge in [0, 0.05) is 94.0 Å². The molecule has 17 heteroatoms. The van der Waals surface area contributed by atoms with Gasteiger partial charge in [-0.15, -0.1) is 0 Å². The Hall–Kier alpha value is -8.21. The molecule has 2 aromatic carbocycles. The first kappa shape index (κ1) is 45.2. The molecule has 2 fully saturated rings. The second kappa shape index (κ2) is 17.6. The summed E-state index contributed by atoms with van der Waals surface area (Å²) in [5.41, 5.74) is 11.8. The lowest BCUT2D eigenvalue weighted by molar-refractivity contribution is 0.0289. The predicted octanol–water partition coefficient (Wildman–Crippen LogP) is 9.00. The monoisotopic (exact) mass is 949 g/mol. The molecule has 0 unspecified atom stereocenters. The smallest absolute Gasteiger partial charge is 0.410 e. The van der Waals surface area contributed by atoms with E-state index in [1.54, 1.807) is 36.6 Å². The molecule has 1 aliphatic carbocycles. The minimum Gasteiger partial charge on any atom is -0.444 e. The number of aryl methyl sites for hydroxylation is 4. The van der Waals surface area contributed by atoms with Gasteiger partial charge < -0.3 is 9.64 Å². The Morgan fingerprint density at radius 1 is 0.563 bits per heavy atom. The number of imidazole rings is 2. The van der Waals surface area contributed by atoms with Crippen molar-refractivity contribution < 1.29 is 9.53 Å². The molecule has 9 heterocycles. The number of carbonyl (C=O) groups excluding carboxylic acids is 1. The van der Waals surface area contributed by atoms with E-state index in [1.165, 1.54) is 12.8 Å². The Bertz CT molecular complexity index is 3790. The Labute approximate surface area is 408 Å². The molecule has 17 nitrogen and oxygen atoms in total. The summed E-state index contributed by atoms with van der Waals surface area (Å²) in [6.45, 7) is 6.51. The number of ether oxygens (including phenoxy) is 1. The second-order valence-corrected chi connectivity index (χ2v) is 19.8. The average Bonchev–Trinajstić information content (AvgIpc) is 4.26. The number of likely N-dealkylation sites (tertiary alicyclic amines) is 1. The Morgan fingerprint density at radius 2 is 1.04 bits per heavy atom. The highest BCUT2D eigenvalue weighted by Gasteiger charge is 2.33. The third-order valence-corrected chi connectivity index (χ3v) is 13.8. The zero-order valence-corrected chi connectivity index (χ0v) is 40.9. The molecule has 1 atom stereocenters. The fraction of sp³-hybridized carbons (Fsp3) is 0.315. The summed E-state index contributed by atoms with van der Waals surface area (Å²) in [7, 11) is 7.38. The van der Waals surface area contributed by atoms with Gasteiger partial charge in [-0.05, 0) is 99.7 Å². The number of aromatic nitrogens is 12. The van der Waals surface area contributed by atoms with E-state index in [1.807, 2.05) is 131 Å². The molecule has 12 rings (SSSR count). The first-order chi connectivity index (χ1) is 34.2. The summed E-state index contributed by atoms with van der Waals surface area (Å²) in [4.78, 5) is 59.6. The quantitative estimate of drug-likeness (QED) is 0.157. The van der Waals surface area contributed by atoms with Gasteiger partial charge in [-0.3, -0.25) is 47.6 Å². The molecule has 10 aromatic rings. The fourth-order valence-corrected chi connectivity index (χ4v) is 10.2. The molecule has 1 aliphatic heterocycles. The van der Waals surface area contributed by atoms with Gasteiger partial charge in [-0.25, -0.2) is 14.4 Å². The van der Waals surface area contributed by atoms with E-state index in [0.29, 0.717) is 19.5 Å². The number of pyridine rings is 4. The Kier molecular flexibility index (Phi) is 11.2. The van der Waals surface area contributed by atoms with Gasteiger partial charge in [0.2, 0.25) is 0 Å². The van der Waals surface area contributed by atoms with Gasteiger partial charge in [0.1, 0.15) is 17.0 Å². The van der Waals surface area contributed by atoms with Gasteiger partial charge in [0.15, 0.2) is 0 Å². The number of nitrogens with zero attached hydrogens (tertiary/aromatic N) is 13. The van der Waals surface area contributed by atoms with Crippen LogP contribution in [0.25, 0.3) is 88.9 Å². The van der Waals surface area contributed by atoms with Gasteiger partial charge in [0.05, 0.1) is 62.9 Å². The largest absolute Gasteiger partial charge is 0.444 e. The average molecular weight is 950 g/mol. The highest BCUT2D eigenvalue weighted by Crippen LogP contribution is 2.36. The summed E-state index contributed by atoms with van der Waals surface area (Å²) < 4.78 is 16.3. The predicted molar refractivity (Wildman–Crippen MR) is 275 cm³/mol. The maximum absolute atomic E-state index is 13.5. The zero-order valence-electron chi connectivity index (χ0n) is 40.9. The number of fused-ring (bicyclic) bond motifs is 6. The van der Waals surface area contributed by atoms with Crippen LogP contribution in [0.5, 0.6) is 0 Å². The topological polar surface area (TPSA) is 171 Å². The van der Waals surface area contributed by atoms with Crippen LogP contribution in [-0.2, 0) is 32.9 Å². The van der Waals surface area contributed by atoms with Crippen molar-refractivity contribution in [3.63, 3.8) is 0 Å². The van der Waals surface area contributed by atoms with Crippen LogP contribution in [-0.4, -0.2) is 87.4 Å². The number of hydrogen-bond donors (Lipinski definition) is 0. The molecule has 71 heavy (non-hydrogen) atoms. The fourth-order valence-electron chi connectivity index (χ4n) is 10.2. The van der Waals surface area contributed by atoms with E-state index < -0.39 is 5.60 Å². The summed E-state index contributed by atoms with van der Waals surface area (Å²) >= 11 is 0. The van der Waals surface area contributed by atoms with Crippen molar-refractivity contribution in [2.75, 3.05) is 13.1 Å². The standard InChI is InChI=1S/C29H31N7O3.C25H24N6O/c1-29(2,3)39-28(38)35-13-10-20(17-35)36-26-21-14-18(6-8-22(21)31-16-25(26)34(5)27(36)37)19-7-9-23(30-15-19)24-11-12-33(4)32-24;1-29-12-11-22(28-29)21-10-8-17(14-26-21)16-7-9-20-19(13-16)24-23(15-27-20)30(2)25(32)31(24)18-5-3-4-6-18/h6-9,11-12,14-16,20H,10,13,17H2,1-5H3;7-15,18H,3-6H2,1-2H3/t20-;/m0./s1. The first-order valence-electron chi connectivity index (χ1n) is 24.1. The van der Waals surface area contributed by atoms with Crippen molar-refractivity contribution >= 4 is 50.0 Å². The number of benzene rings is 2. The number of hydrogen-bond acceptors (Lipinski definition) is 10. The lowest BCUT2D eigenvalue weighted by atomic mass is 10.0. The van der Waals surface area contributed by atoms with Crippen LogP contribution in [0.15, 0.2) is 120 Å². The molecular weight excluding hydrogens is 895 g/mol. The molecule has 1 saturated carbocycles. The van der Waals surface area contributed by atoms with Crippen molar-refractivity contribution in [3.8, 4) is 45.0 Å². The summed E-state index contributed by atoms with van der Waals surface area (Å²) in [5, 5.41) is 10.8. The molecule has 0 radical (unpaired) electrons. The highest BCUT2D eigenvalue weighted by molar-refractivity contribution is 6.05. The SMILES string of the molecule is Cn1ccc(-c2ccc(-c3ccc4ncc5c(c4c3)n(C3CCCC3)c(=O)n5C)cn2)n1.Cn1ccc(-c2ccc(-c3ccc4ncc5c(c4c3)n([C@H]3CCN(C(=O)OC(C)(C)C)C3)c(=O)n5C)cn2)n1. The molecule has 0 bridgehead atoms. The lowest BCUT2D eigenvalue weighted by Gasteiger charge is -2.24. The van der Waals surface area contributed by atoms with Crippen LogP contribution >= 0.6 is 0 Å². The van der Waals surface area contributed by atoms with Gasteiger partial charge in [-0.1, -0.05) is 37.1 Å². The van der Waals surface area contributed by atoms with Crippen molar-refractivity contribution in [2.24, 2.45) is 28.2 Å². The lowest BCUT2D eigenvalue weighted by Crippen LogP contribution is -2.36. The van der Waals surface area contributed by atoms with Gasteiger partial charge in [-0.2, -0.15) is 10.2 Å². The van der Waals surface area contributed by atoms with Crippen LogP contribution in [0.1, 0.15) is 65.0 Å². The van der Waals surface area contributed by atoms with Crippen molar-refractivity contribution in [3.05, 3.63) is 131 Å². The maximum atomic E-state index is 13.5. The van der Waals surface area contributed by atoms with E-state index in [0.717, 1.165) is 102 Å².